The summed E-state index contributed by atoms with van der Waals surface area (Å²) in [5, 5.41) is 25.1. The smallest absolute Gasteiger partial charge is 0.354 e. The van der Waals surface area contributed by atoms with Gasteiger partial charge in [0.15, 0.2) is 0 Å². The van der Waals surface area contributed by atoms with Crippen molar-refractivity contribution >= 4 is 40.5 Å². The fourth-order valence-corrected chi connectivity index (χ4v) is 2.73. The van der Waals surface area contributed by atoms with Crippen molar-refractivity contribution in [3.8, 4) is 0 Å². The van der Waals surface area contributed by atoms with Gasteiger partial charge < -0.3 is 5.32 Å². The summed E-state index contributed by atoms with van der Waals surface area (Å²) in [6.45, 7) is 0.109. The lowest BCUT2D eigenvalue weighted by molar-refractivity contribution is -0.384. The third-order valence-corrected chi connectivity index (χ3v) is 4.40. The van der Waals surface area contributed by atoms with Crippen LogP contribution in [0.2, 0.25) is 5.02 Å². The predicted octanol–water partition coefficient (Wildman–Crippen LogP) is 3.45. The highest BCUT2D eigenvalue weighted by Crippen LogP contribution is 2.29. The molecule has 3 N–H and O–H groups in total. The molecule has 0 atom stereocenters. The molecule has 0 radical (unpaired) electrons. The van der Waals surface area contributed by atoms with Crippen LogP contribution in [0.5, 0.6) is 0 Å². The Morgan fingerprint density at radius 2 is 1.72 bits per heavy atom. The second-order valence-corrected chi connectivity index (χ2v) is 6.57. The van der Waals surface area contributed by atoms with Crippen molar-refractivity contribution in [2.24, 2.45) is 0 Å². The number of carbonyl (C=O) groups is 1. The Morgan fingerprint density at radius 1 is 1.03 bits per heavy atom. The van der Waals surface area contributed by atoms with Gasteiger partial charge in [0.1, 0.15) is 17.2 Å². The van der Waals surface area contributed by atoms with Crippen molar-refractivity contribution in [3.05, 3.63) is 91.0 Å². The van der Waals surface area contributed by atoms with Gasteiger partial charge in [-0.1, -0.05) is 23.7 Å². The average Bonchev–Trinajstić information content (AvgIpc) is 2.77. The van der Waals surface area contributed by atoms with Crippen LogP contribution in [0.4, 0.5) is 27.4 Å². The van der Waals surface area contributed by atoms with Gasteiger partial charge in [0.05, 0.1) is 9.85 Å². The van der Waals surface area contributed by atoms with Gasteiger partial charge in [0.2, 0.25) is 11.6 Å². The fourth-order valence-electron chi connectivity index (χ4n) is 2.54. The maximum Gasteiger partial charge on any atom is 0.354 e. The third kappa shape index (κ3) is 5.20. The van der Waals surface area contributed by atoms with Gasteiger partial charge in [-0.3, -0.25) is 35.9 Å². The normalized spacial score (nSPS) is 10.3. The number of hydrazine groups is 1. The van der Waals surface area contributed by atoms with E-state index in [-0.39, 0.29) is 28.8 Å². The van der Waals surface area contributed by atoms with E-state index in [1.807, 2.05) is 0 Å². The van der Waals surface area contributed by atoms with Crippen LogP contribution in [0.15, 0.2) is 48.8 Å². The zero-order valence-electron chi connectivity index (χ0n) is 15.9. The number of hydrogen-bond donors (Lipinski definition) is 3. The van der Waals surface area contributed by atoms with E-state index in [1.165, 1.54) is 36.4 Å². The molecule has 3 rings (SSSR count). The van der Waals surface area contributed by atoms with Gasteiger partial charge in [-0.25, -0.2) is 14.4 Å². The molecule has 0 saturated carbocycles. The molecule has 12 nitrogen and oxygen atoms in total. The number of carbonyl (C=O) groups excluding carboxylic acids is 1. The van der Waals surface area contributed by atoms with Crippen molar-refractivity contribution in [1.29, 1.82) is 0 Å². The Hall–Kier alpha value is -4.39. The number of nitrogens with zero attached hydrogens (tertiary/aromatic N) is 4. The minimum atomic E-state index is -0.821. The van der Waals surface area contributed by atoms with Gasteiger partial charge in [-0.2, -0.15) is 0 Å². The summed E-state index contributed by atoms with van der Waals surface area (Å²) in [6.07, 6.45) is 1.03. The number of anilines is 2. The number of rotatable bonds is 8. The maximum absolute atomic E-state index is 13.0. The number of benzene rings is 2. The van der Waals surface area contributed by atoms with E-state index in [2.05, 4.69) is 26.1 Å². The summed E-state index contributed by atoms with van der Waals surface area (Å²) < 4.78 is 13.0. The van der Waals surface area contributed by atoms with Crippen molar-refractivity contribution in [1.82, 2.24) is 15.4 Å². The van der Waals surface area contributed by atoms with Crippen LogP contribution in [-0.2, 0) is 6.54 Å². The van der Waals surface area contributed by atoms with E-state index < -0.39 is 32.9 Å². The molecule has 0 spiro atoms. The number of halogens is 2. The number of hydrogen-bond acceptors (Lipinski definition) is 9. The number of amides is 1. The van der Waals surface area contributed by atoms with E-state index in [0.29, 0.717) is 5.56 Å². The molecule has 0 unspecified atom stereocenters. The predicted molar refractivity (Wildman–Crippen MR) is 112 cm³/mol. The molecule has 1 aromatic heterocycles. The zero-order valence-corrected chi connectivity index (χ0v) is 16.7. The first kappa shape index (κ1) is 22.3. The van der Waals surface area contributed by atoms with Gasteiger partial charge >= 0.3 is 5.69 Å². The molecular formula is C18H13ClFN7O5. The largest absolute Gasteiger partial charge is 0.360 e. The number of nitro benzene ring substituents is 1. The van der Waals surface area contributed by atoms with Crippen molar-refractivity contribution in [2.45, 2.75) is 6.54 Å². The second-order valence-electron chi connectivity index (χ2n) is 6.16. The fraction of sp³-hybridized carbons (Fsp3) is 0.0556. The molecule has 0 aliphatic rings. The molecule has 0 bridgehead atoms. The van der Waals surface area contributed by atoms with E-state index in [9.17, 15) is 29.4 Å². The highest BCUT2D eigenvalue weighted by atomic mass is 35.5. The van der Waals surface area contributed by atoms with Crippen LogP contribution in [0.1, 0.15) is 15.9 Å². The molecule has 14 heteroatoms. The first-order valence-corrected chi connectivity index (χ1v) is 9.12. The van der Waals surface area contributed by atoms with E-state index >= 15 is 0 Å². The highest BCUT2D eigenvalue weighted by Gasteiger charge is 2.24. The lowest BCUT2D eigenvalue weighted by atomic mass is 10.2. The highest BCUT2D eigenvalue weighted by molar-refractivity contribution is 6.32. The summed E-state index contributed by atoms with van der Waals surface area (Å²) in [4.78, 5) is 40.9. The molecule has 1 amide bonds. The van der Waals surface area contributed by atoms with Gasteiger partial charge in [-0.15, -0.1) is 0 Å². The van der Waals surface area contributed by atoms with Crippen LogP contribution in [0, 0.1) is 26.0 Å². The van der Waals surface area contributed by atoms with Crippen LogP contribution in [-0.4, -0.2) is 25.7 Å². The molecular weight excluding hydrogens is 449 g/mol. The number of nitro groups is 2. The topological polar surface area (TPSA) is 165 Å². The van der Waals surface area contributed by atoms with Crippen molar-refractivity contribution in [2.75, 3.05) is 10.7 Å². The van der Waals surface area contributed by atoms with Gasteiger partial charge in [-0.05, 0) is 29.8 Å². The Bertz CT molecular complexity index is 1190. The average molecular weight is 462 g/mol. The monoisotopic (exact) mass is 461 g/mol. The number of nitrogens with one attached hydrogen (secondary N) is 3. The Balaban J connectivity index is 1.76. The molecule has 2 aromatic carbocycles. The van der Waals surface area contributed by atoms with Crippen LogP contribution < -0.4 is 16.2 Å². The van der Waals surface area contributed by atoms with E-state index in [0.717, 1.165) is 12.4 Å². The quantitative estimate of drug-likeness (QED) is 0.336. The summed E-state index contributed by atoms with van der Waals surface area (Å²) in [6, 6.07) is 8.88. The van der Waals surface area contributed by atoms with Gasteiger partial charge in [0.25, 0.3) is 11.6 Å². The van der Waals surface area contributed by atoms with Crippen molar-refractivity contribution < 1.29 is 19.0 Å². The maximum atomic E-state index is 13.0. The molecule has 164 valence electrons. The Kier molecular flexibility index (Phi) is 6.70. The van der Waals surface area contributed by atoms with Crippen molar-refractivity contribution in [3.63, 3.8) is 0 Å². The molecule has 0 aliphatic heterocycles. The minimum absolute atomic E-state index is 0.109. The SMILES string of the molecule is O=C(NNc1ncnc(NCc2ccc(F)cc2)c1[N+](=O)[O-])c1ccc(Cl)c([N+](=O)[O-])c1. The van der Waals surface area contributed by atoms with Crippen LogP contribution in [0.25, 0.3) is 0 Å². The summed E-state index contributed by atoms with van der Waals surface area (Å²) in [5.74, 6) is -1.72. The molecule has 32 heavy (non-hydrogen) atoms. The molecule has 3 aromatic rings. The van der Waals surface area contributed by atoms with Crippen LogP contribution >= 0.6 is 11.6 Å². The molecule has 0 aliphatic carbocycles. The van der Waals surface area contributed by atoms with E-state index in [4.69, 9.17) is 11.6 Å². The Labute approximate surface area is 183 Å². The zero-order chi connectivity index (χ0) is 23.3. The first-order chi connectivity index (χ1) is 15.3. The summed E-state index contributed by atoms with van der Waals surface area (Å²) in [7, 11) is 0. The summed E-state index contributed by atoms with van der Waals surface area (Å²) in [5.41, 5.74) is 4.00. The molecule has 0 saturated heterocycles. The van der Waals surface area contributed by atoms with Crippen LogP contribution in [0.3, 0.4) is 0 Å². The Morgan fingerprint density at radius 3 is 2.38 bits per heavy atom. The number of aromatic nitrogens is 2. The second kappa shape index (κ2) is 9.61. The molecule has 1 heterocycles. The lowest BCUT2D eigenvalue weighted by Gasteiger charge is -2.11. The summed E-state index contributed by atoms with van der Waals surface area (Å²) >= 11 is 5.72. The molecule has 0 fully saturated rings. The van der Waals surface area contributed by atoms with Gasteiger partial charge in [0, 0.05) is 18.2 Å². The minimum Gasteiger partial charge on any atom is -0.360 e. The first-order valence-electron chi connectivity index (χ1n) is 8.74. The lowest BCUT2D eigenvalue weighted by Crippen LogP contribution is -2.30. The third-order valence-electron chi connectivity index (χ3n) is 4.08. The standard InChI is InChI=1S/C18H13ClFN7O5/c19-13-6-3-11(7-14(13)26(29)30)18(28)25-24-17-15(27(31)32)16(22-9-23-17)21-8-10-1-4-12(20)5-2-10/h1-7,9H,8H2,(H,25,28)(H2,21,22,23,24). The van der Waals surface area contributed by atoms with E-state index in [1.54, 1.807) is 0 Å².